The Morgan fingerprint density at radius 1 is 0.714 bits per heavy atom. The summed E-state index contributed by atoms with van der Waals surface area (Å²) < 4.78 is 12.5. The van der Waals surface area contributed by atoms with E-state index in [1.54, 1.807) is 0 Å². The third kappa shape index (κ3) is 2.69. The first-order valence-electron chi connectivity index (χ1n) is 6.89. The van der Waals surface area contributed by atoms with Crippen LogP contribution in [-0.2, 0) is 15.3 Å². The van der Waals surface area contributed by atoms with Crippen molar-refractivity contribution in [2.75, 3.05) is 11.8 Å². The lowest BCUT2D eigenvalue weighted by atomic mass is 9.97. The van der Waals surface area contributed by atoms with Crippen molar-refractivity contribution in [2.24, 2.45) is 0 Å². The molecule has 1 aliphatic rings. The molecule has 0 radical (unpaired) electrons. The smallest absolute Gasteiger partial charge is 0.223 e. The van der Waals surface area contributed by atoms with Gasteiger partial charge in [0.2, 0.25) is 5.79 Å². The Balaban J connectivity index is 2.09. The van der Waals surface area contributed by atoms with E-state index in [1.807, 2.05) is 60.7 Å². The van der Waals surface area contributed by atoms with Gasteiger partial charge in [-0.1, -0.05) is 60.7 Å². The summed E-state index contributed by atoms with van der Waals surface area (Å²) in [5.41, 5.74) is 1.89. The van der Waals surface area contributed by atoms with Crippen molar-refractivity contribution in [3.63, 3.8) is 0 Å². The van der Waals surface area contributed by atoms with Crippen LogP contribution in [0.1, 0.15) is 11.1 Å². The van der Waals surface area contributed by atoms with Crippen LogP contribution in [0.4, 0.5) is 0 Å². The van der Waals surface area contributed by atoms with Crippen LogP contribution in [-0.4, -0.2) is 24.0 Å². The molecule has 0 amide bonds. The number of benzene rings is 2. The van der Waals surface area contributed by atoms with Crippen molar-refractivity contribution < 1.29 is 9.47 Å². The van der Waals surface area contributed by atoms with Gasteiger partial charge >= 0.3 is 0 Å². The minimum Gasteiger partial charge on any atom is -0.335 e. The number of hydrogen-bond donors (Lipinski definition) is 0. The summed E-state index contributed by atoms with van der Waals surface area (Å²) in [6.07, 6.45) is -0.464. The molecule has 110 valence electrons. The van der Waals surface area contributed by atoms with Crippen LogP contribution in [0, 0.1) is 0 Å². The number of hydrogen-bond acceptors (Lipinski definition) is 2. The van der Waals surface area contributed by atoms with Crippen LogP contribution in [0.15, 0.2) is 60.7 Å². The highest BCUT2D eigenvalue weighted by Crippen LogP contribution is 2.43. The fourth-order valence-electron chi connectivity index (χ4n) is 2.62. The minimum atomic E-state index is -0.943. The molecule has 2 aromatic rings. The van der Waals surface area contributed by atoms with Gasteiger partial charge in [-0.05, 0) is 0 Å². The average molecular weight is 323 g/mol. The van der Waals surface area contributed by atoms with Gasteiger partial charge in [0.15, 0.2) is 0 Å². The molecular formula is C17H16Cl2O2. The van der Waals surface area contributed by atoms with Gasteiger partial charge in [-0.25, -0.2) is 0 Å². The average Bonchev–Trinajstić information content (AvgIpc) is 2.97. The molecule has 1 heterocycles. The maximum absolute atomic E-state index is 6.24. The Labute approximate surface area is 134 Å². The van der Waals surface area contributed by atoms with E-state index in [-0.39, 0.29) is 12.2 Å². The molecule has 21 heavy (non-hydrogen) atoms. The zero-order valence-electron chi connectivity index (χ0n) is 11.4. The van der Waals surface area contributed by atoms with E-state index in [0.717, 1.165) is 11.1 Å². The summed E-state index contributed by atoms with van der Waals surface area (Å²) in [5, 5.41) is 0. The van der Waals surface area contributed by atoms with Gasteiger partial charge in [-0.3, -0.25) is 0 Å². The molecule has 2 atom stereocenters. The lowest BCUT2D eigenvalue weighted by Gasteiger charge is -2.29. The Morgan fingerprint density at radius 2 is 1.10 bits per heavy atom. The molecule has 0 saturated carbocycles. The van der Waals surface area contributed by atoms with Crippen molar-refractivity contribution in [1.29, 1.82) is 0 Å². The topological polar surface area (TPSA) is 18.5 Å². The third-order valence-corrected chi connectivity index (χ3v) is 4.27. The van der Waals surface area contributed by atoms with Gasteiger partial charge in [-0.15, -0.1) is 23.2 Å². The SMILES string of the molecule is ClCC1OC(c2ccccc2)(c2ccccc2)OC1CCl. The lowest BCUT2D eigenvalue weighted by molar-refractivity contribution is -0.147. The van der Waals surface area contributed by atoms with Crippen molar-refractivity contribution in [3.05, 3.63) is 71.8 Å². The summed E-state index contributed by atoms with van der Waals surface area (Å²) in [6, 6.07) is 19.8. The summed E-state index contributed by atoms with van der Waals surface area (Å²) in [4.78, 5) is 0. The predicted molar refractivity (Wildman–Crippen MR) is 84.9 cm³/mol. The summed E-state index contributed by atoms with van der Waals surface area (Å²) in [6.45, 7) is 0. The summed E-state index contributed by atoms with van der Waals surface area (Å²) in [5.74, 6) is -0.251. The molecule has 2 unspecified atom stereocenters. The fraction of sp³-hybridized carbons (Fsp3) is 0.294. The molecule has 3 rings (SSSR count). The number of alkyl halides is 2. The molecule has 0 N–H and O–H groups in total. The molecule has 1 fully saturated rings. The van der Waals surface area contributed by atoms with E-state index in [4.69, 9.17) is 32.7 Å². The monoisotopic (exact) mass is 322 g/mol. The van der Waals surface area contributed by atoms with E-state index < -0.39 is 5.79 Å². The number of halogens is 2. The molecule has 2 aromatic carbocycles. The molecule has 2 nitrogen and oxygen atoms in total. The van der Waals surface area contributed by atoms with Gasteiger partial charge in [-0.2, -0.15) is 0 Å². The van der Waals surface area contributed by atoms with E-state index in [2.05, 4.69) is 0 Å². The van der Waals surface area contributed by atoms with Crippen molar-refractivity contribution in [2.45, 2.75) is 18.0 Å². The molecule has 0 aliphatic carbocycles. The van der Waals surface area contributed by atoms with Crippen LogP contribution < -0.4 is 0 Å². The second kappa shape index (κ2) is 6.37. The molecule has 0 spiro atoms. The standard InChI is InChI=1S/C17H16Cl2O2/c18-11-15-16(12-19)21-17(20-15,13-7-3-1-4-8-13)14-9-5-2-6-10-14/h1-10,15-16H,11-12H2. The Kier molecular flexibility index (Phi) is 4.51. The highest BCUT2D eigenvalue weighted by atomic mass is 35.5. The van der Waals surface area contributed by atoms with Crippen LogP contribution in [0.3, 0.4) is 0 Å². The van der Waals surface area contributed by atoms with Gasteiger partial charge in [0.25, 0.3) is 0 Å². The van der Waals surface area contributed by atoms with Crippen molar-refractivity contribution in [1.82, 2.24) is 0 Å². The highest BCUT2D eigenvalue weighted by molar-refractivity contribution is 6.19. The van der Waals surface area contributed by atoms with E-state index in [9.17, 15) is 0 Å². The summed E-state index contributed by atoms with van der Waals surface area (Å²) in [7, 11) is 0. The third-order valence-electron chi connectivity index (χ3n) is 3.66. The summed E-state index contributed by atoms with van der Waals surface area (Å²) >= 11 is 12.0. The van der Waals surface area contributed by atoms with Gasteiger partial charge in [0.05, 0.1) is 11.8 Å². The quantitative estimate of drug-likeness (QED) is 0.787. The van der Waals surface area contributed by atoms with Crippen LogP contribution >= 0.6 is 23.2 Å². The van der Waals surface area contributed by atoms with Gasteiger partial charge in [0.1, 0.15) is 12.2 Å². The highest BCUT2D eigenvalue weighted by Gasteiger charge is 2.49. The first-order valence-corrected chi connectivity index (χ1v) is 7.95. The van der Waals surface area contributed by atoms with Crippen LogP contribution in [0.2, 0.25) is 0 Å². The Bertz CT molecular complexity index is 520. The number of rotatable bonds is 4. The van der Waals surface area contributed by atoms with E-state index in [0.29, 0.717) is 11.8 Å². The van der Waals surface area contributed by atoms with Crippen LogP contribution in [0.5, 0.6) is 0 Å². The molecule has 1 saturated heterocycles. The number of ether oxygens (including phenoxy) is 2. The van der Waals surface area contributed by atoms with Gasteiger partial charge in [0, 0.05) is 11.1 Å². The zero-order chi connectivity index (χ0) is 14.7. The van der Waals surface area contributed by atoms with Crippen LogP contribution in [0.25, 0.3) is 0 Å². The first kappa shape index (κ1) is 14.9. The molecule has 1 aliphatic heterocycles. The predicted octanol–water partition coefficient (Wildman–Crippen LogP) is 4.15. The maximum Gasteiger partial charge on any atom is 0.223 e. The lowest BCUT2D eigenvalue weighted by Crippen LogP contribution is -2.30. The second-order valence-electron chi connectivity index (χ2n) is 4.97. The largest absolute Gasteiger partial charge is 0.335 e. The molecule has 0 aromatic heterocycles. The van der Waals surface area contributed by atoms with Crippen molar-refractivity contribution in [3.8, 4) is 0 Å². The fourth-order valence-corrected chi connectivity index (χ4v) is 3.15. The van der Waals surface area contributed by atoms with E-state index >= 15 is 0 Å². The Hall–Kier alpha value is -1.06. The first-order chi connectivity index (χ1) is 10.3. The van der Waals surface area contributed by atoms with Gasteiger partial charge < -0.3 is 9.47 Å². The molecule has 4 heteroatoms. The van der Waals surface area contributed by atoms with Crippen molar-refractivity contribution >= 4 is 23.2 Å². The zero-order valence-corrected chi connectivity index (χ0v) is 12.9. The maximum atomic E-state index is 6.24. The minimum absolute atomic E-state index is 0.232. The Morgan fingerprint density at radius 3 is 1.43 bits per heavy atom. The van der Waals surface area contributed by atoms with E-state index in [1.165, 1.54) is 0 Å². The molecular weight excluding hydrogens is 307 g/mol. The molecule has 0 bridgehead atoms. The normalized spacial score (nSPS) is 24.1. The second-order valence-corrected chi connectivity index (χ2v) is 5.59.